The van der Waals surface area contributed by atoms with Crippen molar-refractivity contribution in [3.63, 3.8) is 0 Å². The van der Waals surface area contributed by atoms with Crippen molar-refractivity contribution in [3.8, 4) is 0 Å². The van der Waals surface area contributed by atoms with E-state index in [4.69, 9.17) is 0 Å². The quantitative estimate of drug-likeness (QED) is 0.265. The van der Waals surface area contributed by atoms with Gasteiger partial charge in [0.2, 0.25) is 11.8 Å². The summed E-state index contributed by atoms with van der Waals surface area (Å²) >= 11 is 0. The van der Waals surface area contributed by atoms with E-state index in [1.165, 1.54) is 24.3 Å². The number of hydrogen-bond donors (Lipinski definition) is 2. The molecule has 0 fully saturated rings. The molecule has 0 saturated carbocycles. The Labute approximate surface area is 178 Å². The molecule has 0 aromatic heterocycles. The van der Waals surface area contributed by atoms with Crippen LogP contribution in [0.3, 0.4) is 0 Å². The summed E-state index contributed by atoms with van der Waals surface area (Å²) in [5.74, 6) is -1.07. The lowest BCUT2D eigenvalue weighted by Crippen LogP contribution is -2.20. The summed E-state index contributed by atoms with van der Waals surface area (Å²) in [5, 5.41) is 11.0. The maximum Gasteiger partial charge on any atom is 0.240 e. The molecule has 0 radical (unpaired) electrons. The van der Waals surface area contributed by atoms with Crippen molar-refractivity contribution in [2.75, 3.05) is 5.32 Å². The zero-order valence-electron chi connectivity index (χ0n) is 16.6. The van der Waals surface area contributed by atoms with Crippen LogP contribution in [0, 0.1) is 5.82 Å². The van der Waals surface area contributed by atoms with Gasteiger partial charge in [-0.15, -0.1) is 0 Å². The topological polar surface area (TPSA) is 70.6 Å². The zero-order chi connectivity index (χ0) is 21.6. The van der Waals surface area contributed by atoms with Crippen LogP contribution in [0.4, 0.5) is 10.1 Å². The molecule has 0 aliphatic rings. The summed E-state index contributed by atoms with van der Waals surface area (Å²) in [7, 11) is 0. The largest absolute Gasteiger partial charge is 0.326 e. The Morgan fingerprint density at radius 2 is 1.39 bits per heavy atom. The molecule has 0 unspecified atom stereocenters. The Morgan fingerprint density at radius 3 is 2.03 bits per heavy atom. The number of benzene rings is 4. The van der Waals surface area contributed by atoms with E-state index in [0.29, 0.717) is 5.69 Å². The molecule has 2 N–H and O–H groups in total. The molecule has 2 amide bonds. The van der Waals surface area contributed by atoms with Gasteiger partial charge in [0.25, 0.3) is 0 Å². The van der Waals surface area contributed by atoms with Gasteiger partial charge in [-0.05, 0) is 51.9 Å². The van der Waals surface area contributed by atoms with Crippen LogP contribution in [0.5, 0.6) is 0 Å². The fraction of sp³-hybridized carbons (Fsp3) is 0.0800. The number of nitrogens with one attached hydrogen (secondary N) is 2. The van der Waals surface area contributed by atoms with E-state index < -0.39 is 0 Å². The summed E-state index contributed by atoms with van der Waals surface area (Å²) in [6, 6.07) is 23.6. The van der Waals surface area contributed by atoms with E-state index in [0.717, 1.165) is 27.1 Å². The van der Waals surface area contributed by atoms with E-state index in [1.54, 1.807) is 6.21 Å². The average molecular weight is 413 g/mol. The maximum atomic E-state index is 12.9. The smallest absolute Gasteiger partial charge is 0.240 e. The molecule has 0 aliphatic heterocycles. The predicted octanol–water partition coefficient (Wildman–Crippen LogP) is 5.00. The molecule has 4 aromatic rings. The fourth-order valence-corrected chi connectivity index (χ4v) is 3.40. The highest BCUT2D eigenvalue weighted by Gasteiger charge is 2.08. The van der Waals surface area contributed by atoms with Gasteiger partial charge < -0.3 is 5.32 Å². The monoisotopic (exact) mass is 413 g/mol. The second-order valence-electron chi connectivity index (χ2n) is 7.08. The molecule has 4 aromatic carbocycles. The standard InChI is InChI=1S/C25H20FN3O2/c26-19-9-11-20(12-10-19)28-24(30)13-14-25(31)29-27-16-23-21-7-3-1-5-17(21)15-18-6-2-4-8-22(18)23/h1-12,15-16H,13-14H2,(H,28,30)(H,29,31). The third-order valence-corrected chi connectivity index (χ3v) is 4.90. The summed E-state index contributed by atoms with van der Waals surface area (Å²) in [6.07, 6.45) is 1.62. The molecule has 0 saturated heterocycles. The second kappa shape index (κ2) is 9.17. The first-order valence-corrected chi connectivity index (χ1v) is 9.88. The molecule has 0 bridgehead atoms. The highest BCUT2D eigenvalue weighted by Crippen LogP contribution is 2.27. The second-order valence-corrected chi connectivity index (χ2v) is 7.08. The zero-order valence-corrected chi connectivity index (χ0v) is 16.6. The highest BCUT2D eigenvalue weighted by molar-refractivity contribution is 6.13. The molecule has 0 spiro atoms. The number of carbonyl (C=O) groups excluding carboxylic acids is 2. The number of anilines is 1. The van der Waals surface area contributed by atoms with E-state index >= 15 is 0 Å². The van der Waals surface area contributed by atoms with Crippen LogP contribution < -0.4 is 10.7 Å². The summed E-state index contributed by atoms with van der Waals surface area (Å²) in [5.41, 5.74) is 3.89. The molecule has 6 heteroatoms. The lowest BCUT2D eigenvalue weighted by atomic mass is 9.97. The van der Waals surface area contributed by atoms with Crippen LogP contribution >= 0.6 is 0 Å². The summed E-state index contributed by atoms with van der Waals surface area (Å²) in [4.78, 5) is 24.1. The third-order valence-electron chi connectivity index (χ3n) is 4.90. The van der Waals surface area contributed by atoms with Gasteiger partial charge in [0.05, 0.1) is 6.21 Å². The van der Waals surface area contributed by atoms with Crippen LogP contribution in [-0.4, -0.2) is 18.0 Å². The van der Waals surface area contributed by atoms with Crippen LogP contribution in [0.1, 0.15) is 18.4 Å². The molecular weight excluding hydrogens is 393 g/mol. The van der Waals surface area contributed by atoms with Crippen molar-refractivity contribution in [3.05, 3.63) is 90.2 Å². The van der Waals surface area contributed by atoms with Gasteiger partial charge in [-0.3, -0.25) is 9.59 Å². The number of nitrogens with zero attached hydrogens (tertiary/aromatic N) is 1. The first kappa shape index (κ1) is 20.2. The molecule has 154 valence electrons. The normalized spacial score (nSPS) is 11.1. The average Bonchev–Trinajstić information content (AvgIpc) is 2.79. The minimum atomic E-state index is -0.380. The van der Waals surface area contributed by atoms with E-state index in [-0.39, 0.29) is 30.5 Å². The van der Waals surface area contributed by atoms with Crippen LogP contribution in [0.25, 0.3) is 21.5 Å². The van der Waals surface area contributed by atoms with Crippen LogP contribution in [-0.2, 0) is 9.59 Å². The molecule has 0 aliphatic carbocycles. The Kier molecular flexibility index (Phi) is 5.98. The van der Waals surface area contributed by atoms with Gasteiger partial charge in [0, 0.05) is 24.1 Å². The van der Waals surface area contributed by atoms with Crippen molar-refractivity contribution in [1.82, 2.24) is 5.43 Å². The third kappa shape index (κ3) is 4.93. The molecule has 5 nitrogen and oxygen atoms in total. The van der Waals surface area contributed by atoms with Gasteiger partial charge in [0.1, 0.15) is 5.82 Å². The number of fused-ring (bicyclic) bond motifs is 2. The fourth-order valence-electron chi connectivity index (χ4n) is 3.40. The first-order chi connectivity index (χ1) is 15.1. The van der Waals surface area contributed by atoms with Crippen LogP contribution in [0.15, 0.2) is 84.0 Å². The maximum absolute atomic E-state index is 12.9. The summed E-state index contributed by atoms with van der Waals surface area (Å²) in [6.45, 7) is 0. The minimum absolute atomic E-state index is 0.00404. The predicted molar refractivity (Wildman–Crippen MR) is 121 cm³/mol. The number of halogens is 1. The van der Waals surface area contributed by atoms with E-state index in [2.05, 4.69) is 21.9 Å². The van der Waals surface area contributed by atoms with E-state index in [9.17, 15) is 14.0 Å². The lowest BCUT2D eigenvalue weighted by molar-refractivity contribution is -0.124. The van der Waals surface area contributed by atoms with Crippen molar-refractivity contribution in [2.24, 2.45) is 5.10 Å². The molecule has 0 atom stereocenters. The number of carbonyl (C=O) groups is 2. The van der Waals surface area contributed by atoms with Gasteiger partial charge in [0.15, 0.2) is 0 Å². The van der Waals surface area contributed by atoms with E-state index in [1.807, 2.05) is 48.5 Å². The Balaban J connectivity index is 1.40. The lowest BCUT2D eigenvalue weighted by Gasteiger charge is -2.08. The molecule has 4 rings (SSSR count). The number of hydrazone groups is 1. The van der Waals surface area contributed by atoms with Gasteiger partial charge in [-0.2, -0.15) is 5.10 Å². The summed E-state index contributed by atoms with van der Waals surface area (Å²) < 4.78 is 12.9. The van der Waals surface area contributed by atoms with Crippen molar-refractivity contribution < 1.29 is 14.0 Å². The van der Waals surface area contributed by atoms with Crippen LogP contribution in [0.2, 0.25) is 0 Å². The first-order valence-electron chi connectivity index (χ1n) is 9.88. The SMILES string of the molecule is O=C(CCC(=O)Nc1ccc(F)cc1)NN=Cc1c2ccccc2cc2ccccc12. The Hall–Kier alpha value is -4.06. The Morgan fingerprint density at radius 1 is 0.806 bits per heavy atom. The van der Waals surface area contributed by atoms with Crippen molar-refractivity contribution in [2.45, 2.75) is 12.8 Å². The highest BCUT2D eigenvalue weighted by atomic mass is 19.1. The Bertz CT molecular complexity index is 1230. The van der Waals surface area contributed by atoms with Gasteiger partial charge >= 0.3 is 0 Å². The number of rotatable bonds is 6. The number of hydrogen-bond acceptors (Lipinski definition) is 3. The van der Waals surface area contributed by atoms with Crippen molar-refractivity contribution in [1.29, 1.82) is 0 Å². The molecule has 0 heterocycles. The molecular formula is C25H20FN3O2. The van der Waals surface area contributed by atoms with Gasteiger partial charge in [-0.1, -0.05) is 48.5 Å². The van der Waals surface area contributed by atoms with Gasteiger partial charge in [-0.25, -0.2) is 9.82 Å². The molecule has 31 heavy (non-hydrogen) atoms. The van der Waals surface area contributed by atoms with Crippen molar-refractivity contribution >= 4 is 45.3 Å². The minimum Gasteiger partial charge on any atom is -0.326 e. The number of amides is 2.